The highest BCUT2D eigenvalue weighted by Gasteiger charge is 2.18. The molecule has 7 heteroatoms. The number of thiazole rings is 1. The van der Waals surface area contributed by atoms with E-state index in [0.717, 1.165) is 22.6 Å². The number of carbonyl (C=O) groups excluding carboxylic acids is 2. The minimum atomic E-state index is -0.362. The lowest BCUT2D eigenvalue weighted by Crippen LogP contribution is -2.41. The fraction of sp³-hybridized carbons (Fsp3) is 0.211. The molecule has 3 rings (SSSR count). The molecule has 2 amide bonds. The predicted octanol–water partition coefficient (Wildman–Crippen LogP) is 4.13. The van der Waals surface area contributed by atoms with Crippen molar-refractivity contribution >= 4 is 34.5 Å². The van der Waals surface area contributed by atoms with Gasteiger partial charge >= 0.3 is 0 Å². The van der Waals surface area contributed by atoms with Crippen molar-refractivity contribution in [3.8, 4) is 10.6 Å². The van der Waals surface area contributed by atoms with Gasteiger partial charge in [0.2, 0.25) is 0 Å². The van der Waals surface area contributed by atoms with Crippen LogP contribution in [0.15, 0.2) is 36.4 Å². The molecule has 0 bridgehead atoms. The first-order chi connectivity index (χ1) is 12.5. The lowest BCUT2D eigenvalue weighted by Gasteiger charge is -2.05. The van der Waals surface area contributed by atoms with Gasteiger partial charge in [-0.25, -0.2) is 4.98 Å². The molecule has 0 aliphatic heterocycles. The summed E-state index contributed by atoms with van der Waals surface area (Å²) in [7, 11) is 0. The van der Waals surface area contributed by atoms with Crippen LogP contribution in [0.25, 0.3) is 10.6 Å². The number of aromatic nitrogens is 1. The van der Waals surface area contributed by atoms with E-state index in [4.69, 9.17) is 0 Å². The first kappa shape index (κ1) is 18.3. The summed E-state index contributed by atoms with van der Waals surface area (Å²) in [5.41, 5.74) is 7.68. The van der Waals surface area contributed by atoms with Crippen LogP contribution in [0.2, 0.25) is 0 Å². The number of hydrazine groups is 1. The Bertz CT molecular complexity index is 945. The molecule has 5 nitrogen and oxygen atoms in total. The third kappa shape index (κ3) is 3.84. The molecule has 2 N–H and O–H groups in total. The molecule has 0 aliphatic rings. The molecule has 134 valence electrons. The summed E-state index contributed by atoms with van der Waals surface area (Å²) in [5.74, 6) is -0.670. The highest BCUT2D eigenvalue weighted by Crippen LogP contribution is 2.27. The zero-order valence-electron chi connectivity index (χ0n) is 14.8. The largest absolute Gasteiger partial charge is 0.281 e. The van der Waals surface area contributed by atoms with Crippen molar-refractivity contribution in [3.63, 3.8) is 0 Å². The number of rotatable bonds is 4. The van der Waals surface area contributed by atoms with E-state index in [-0.39, 0.29) is 11.8 Å². The second-order valence-corrected chi connectivity index (χ2v) is 7.91. The summed E-state index contributed by atoms with van der Waals surface area (Å²) in [6, 6.07) is 11.5. The van der Waals surface area contributed by atoms with Gasteiger partial charge in [0.15, 0.2) is 0 Å². The summed E-state index contributed by atoms with van der Waals surface area (Å²) < 4.78 is 0. The van der Waals surface area contributed by atoms with Crippen molar-refractivity contribution in [2.75, 3.05) is 0 Å². The number of amides is 2. The van der Waals surface area contributed by atoms with Crippen molar-refractivity contribution in [3.05, 3.63) is 62.3 Å². The van der Waals surface area contributed by atoms with Crippen molar-refractivity contribution in [1.82, 2.24) is 15.8 Å². The molecule has 3 aromatic rings. The Kier molecular flexibility index (Phi) is 5.49. The Balaban J connectivity index is 1.68. The Labute approximate surface area is 160 Å². The van der Waals surface area contributed by atoms with Gasteiger partial charge in [-0.05, 0) is 31.9 Å². The molecule has 0 saturated heterocycles. The SMILES string of the molecule is CCc1sc(C(=O)NNC(=O)c2sc(-c3ccccc3)nc2C)cc1C. The Morgan fingerprint density at radius 3 is 2.38 bits per heavy atom. The summed E-state index contributed by atoms with van der Waals surface area (Å²) in [6.45, 7) is 5.82. The van der Waals surface area contributed by atoms with Crippen LogP contribution < -0.4 is 10.9 Å². The van der Waals surface area contributed by atoms with Gasteiger partial charge in [0.25, 0.3) is 11.8 Å². The summed E-state index contributed by atoms with van der Waals surface area (Å²) >= 11 is 2.75. The highest BCUT2D eigenvalue weighted by atomic mass is 32.1. The normalized spacial score (nSPS) is 10.6. The topological polar surface area (TPSA) is 71.1 Å². The van der Waals surface area contributed by atoms with Gasteiger partial charge in [0, 0.05) is 10.4 Å². The van der Waals surface area contributed by atoms with Gasteiger partial charge < -0.3 is 0 Å². The zero-order chi connectivity index (χ0) is 18.7. The molecule has 2 aromatic heterocycles. The van der Waals surface area contributed by atoms with Crippen LogP contribution in [-0.4, -0.2) is 16.8 Å². The third-order valence-corrected chi connectivity index (χ3v) is 6.46. The monoisotopic (exact) mass is 385 g/mol. The van der Waals surface area contributed by atoms with Gasteiger partial charge in [-0.2, -0.15) is 0 Å². The number of thiophene rings is 1. The lowest BCUT2D eigenvalue weighted by molar-refractivity contribution is 0.0850. The average Bonchev–Trinajstić information content (AvgIpc) is 3.23. The second-order valence-electron chi connectivity index (χ2n) is 5.78. The minimum Gasteiger partial charge on any atom is -0.266 e. The van der Waals surface area contributed by atoms with Gasteiger partial charge in [-0.1, -0.05) is 37.3 Å². The van der Waals surface area contributed by atoms with E-state index in [2.05, 4.69) is 22.8 Å². The third-order valence-electron chi connectivity index (χ3n) is 3.88. The summed E-state index contributed by atoms with van der Waals surface area (Å²) in [6.07, 6.45) is 0.887. The van der Waals surface area contributed by atoms with Crippen LogP contribution in [0.3, 0.4) is 0 Å². The maximum Gasteiger partial charge on any atom is 0.281 e. The fourth-order valence-corrected chi connectivity index (χ4v) is 4.50. The first-order valence-electron chi connectivity index (χ1n) is 8.22. The number of aryl methyl sites for hydroxylation is 3. The van der Waals surface area contributed by atoms with E-state index in [1.165, 1.54) is 27.6 Å². The van der Waals surface area contributed by atoms with E-state index >= 15 is 0 Å². The van der Waals surface area contributed by atoms with Crippen LogP contribution in [0.1, 0.15) is 42.4 Å². The molecular weight excluding hydrogens is 366 g/mol. The molecule has 0 fully saturated rings. The quantitative estimate of drug-likeness (QED) is 0.664. The van der Waals surface area contributed by atoms with E-state index in [1.807, 2.05) is 43.3 Å². The molecule has 0 radical (unpaired) electrons. The van der Waals surface area contributed by atoms with E-state index in [9.17, 15) is 9.59 Å². The van der Waals surface area contributed by atoms with Crippen LogP contribution in [0, 0.1) is 13.8 Å². The lowest BCUT2D eigenvalue weighted by atomic mass is 10.2. The Hall–Kier alpha value is -2.51. The fourth-order valence-electron chi connectivity index (χ4n) is 2.53. The predicted molar refractivity (Wildman–Crippen MR) is 106 cm³/mol. The second kappa shape index (κ2) is 7.80. The molecule has 0 aliphatic carbocycles. The maximum atomic E-state index is 12.4. The van der Waals surface area contributed by atoms with Crippen LogP contribution in [0.4, 0.5) is 0 Å². The molecule has 0 unspecified atom stereocenters. The smallest absolute Gasteiger partial charge is 0.266 e. The number of nitrogens with one attached hydrogen (secondary N) is 2. The summed E-state index contributed by atoms with van der Waals surface area (Å²) in [4.78, 5) is 31.4. The molecule has 1 aromatic carbocycles. The summed E-state index contributed by atoms with van der Waals surface area (Å²) in [5, 5.41) is 0.779. The number of hydrogen-bond donors (Lipinski definition) is 2. The number of benzene rings is 1. The Morgan fingerprint density at radius 2 is 1.73 bits per heavy atom. The molecule has 0 saturated carbocycles. The van der Waals surface area contributed by atoms with Crippen molar-refractivity contribution in [2.45, 2.75) is 27.2 Å². The maximum absolute atomic E-state index is 12.4. The van der Waals surface area contributed by atoms with Gasteiger partial charge in [0.05, 0.1) is 10.6 Å². The molecule has 26 heavy (non-hydrogen) atoms. The minimum absolute atomic E-state index is 0.309. The molecular formula is C19H19N3O2S2. The Morgan fingerprint density at radius 1 is 1.04 bits per heavy atom. The van der Waals surface area contributed by atoms with E-state index in [0.29, 0.717) is 15.4 Å². The number of hydrogen-bond acceptors (Lipinski definition) is 5. The van der Waals surface area contributed by atoms with Crippen LogP contribution in [0.5, 0.6) is 0 Å². The van der Waals surface area contributed by atoms with Crippen molar-refractivity contribution < 1.29 is 9.59 Å². The van der Waals surface area contributed by atoms with Crippen molar-refractivity contribution in [1.29, 1.82) is 0 Å². The van der Waals surface area contributed by atoms with Gasteiger partial charge in [0.1, 0.15) is 9.88 Å². The van der Waals surface area contributed by atoms with Crippen LogP contribution in [-0.2, 0) is 6.42 Å². The molecule has 0 spiro atoms. The van der Waals surface area contributed by atoms with Crippen LogP contribution >= 0.6 is 22.7 Å². The first-order valence-corrected chi connectivity index (χ1v) is 9.85. The zero-order valence-corrected chi connectivity index (χ0v) is 16.4. The van der Waals surface area contributed by atoms with Gasteiger partial charge in [-0.15, -0.1) is 22.7 Å². The van der Waals surface area contributed by atoms with Gasteiger partial charge in [-0.3, -0.25) is 20.4 Å². The number of nitrogens with zero attached hydrogens (tertiary/aromatic N) is 1. The van der Waals surface area contributed by atoms with E-state index in [1.54, 1.807) is 6.92 Å². The number of carbonyl (C=O) groups is 2. The molecule has 0 atom stereocenters. The molecule has 2 heterocycles. The highest BCUT2D eigenvalue weighted by molar-refractivity contribution is 7.17. The van der Waals surface area contributed by atoms with Crippen molar-refractivity contribution in [2.24, 2.45) is 0 Å². The standard InChI is InChI=1S/C19H19N3O2S2/c1-4-14-11(2)10-15(25-14)17(23)21-22-18(24)16-12(3)20-19(26-16)13-8-6-5-7-9-13/h5-10H,4H2,1-3H3,(H,21,23)(H,22,24). The average molecular weight is 386 g/mol. The van der Waals surface area contributed by atoms with E-state index < -0.39 is 0 Å².